The molecular weight excluding hydrogens is 272 g/mol. The van der Waals surface area contributed by atoms with Gasteiger partial charge in [-0.05, 0) is 18.4 Å². The van der Waals surface area contributed by atoms with Crippen molar-refractivity contribution in [2.75, 3.05) is 0 Å². The highest BCUT2D eigenvalue weighted by atomic mass is 32.2. The first-order chi connectivity index (χ1) is 8.50. The van der Waals surface area contributed by atoms with Gasteiger partial charge in [0.05, 0.1) is 6.04 Å². The van der Waals surface area contributed by atoms with E-state index in [1.165, 1.54) is 29.8 Å². The number of H-pyrrole nitrogens is 1. The van der Waals surface area contributed by atoms with Crippen LogP contribution >= 0.6 is 11.3 Å². The van der Waals surface area contributed by atoms with E-state index in [1.807, 2.05) is 17.5 Å². The van der Waals surface area contributed by atoms with Crippen LogP contribution in [0.3, 0.4) is 0 Å². The Morgan fingerprint density at radius 3 is 2.78 bits per heavy atom. The summed E-state index contributed by atoms with van der Waals surface area (Å²) in [6, 6.07) is 4.51. The van der Waals surface area contributed by atoms with E-state index in [4.69, 9.17) is 0 Å². The second-order valence-electron chi connectivity index (χ2n) is 3.73. The maximum Gasteiger partial charge on any atom is 0.246 e. The predicted molar refractivity (Wildman–Crippen MR) is 70.1 cm³/mol. The van der Waals surface area contributed by atoms with E-state index in [1.54, 1.807) is 6.92 Å². The van der Waals surface area contributed by atoms with Gasteiger partial charge in [0.15, 0.2) is 0 Å². The molecule has 0 aliphatic heterocycles. The van der Waals surface area contributed by atoms with Crippen LogP contribution in [0.25, 0.3) is 0 Å². The molecule has 0 spiro atoms. The second kappa shape index (κ2) is 5.05. The Hall–Kier alpha value is -1.44. The predicted octanol–water partition coefficient (Wildman–Crippen LogP) is 1.48. The fourth-order valence-electron chi connectivity index (χ4n) is 1.50. The number of aromatic nitrogens is 1. The van der Waals surface area contributed by atoms with E-state index in [-0.39, 0.29) is 10.9 Å². The molecule has 0 bridgehead atoms. The SMILES string of the molecule is CC(NS(=O)(=O)c1c[nH]ccc1=O)c1cccs1. The van der Waals surface area contributed by atoms with Crippen molar-refractivity contribution < 1.29 is 8.42 Å². The Morgan fingerprint density at radius 2 is 2.17 bits per heavy atom. The molecule has 0 aliphatic rings. The second-order valence-corrected chi connectivity index (χ2v) is 6.39. The van der Waals surface area contributed by atoms with Gasteiger partial charge in [0.1, 0.15) is 4.90 Å². The van der Waals surface area contributed by atoms with Crippen molar-refractivity contribution in [3.63, 3.8) is 0 Å². The minimum absolute atomic E-state index is 0.270. The van der Waals surface area contributed by atoms with Gasteiger partial charge in [-0.1, -0.05) is 6.07 Å². The molecule has 1 atom stereocenters. The topological polar surface area (TPSA) is 79.0 Å². The molecule has 0 saturated heterocycles. The molecule has 7 heteroatoms. The molecular formula is C11H12N2O3S2. The molecule has 0 radical (unpaired) electrons. The number of aromatic amines is 1. The molecule has 2 aromatic heterocycles. The Labute approximate surface area is 109 Å². The fraction of sp³-hybridized carbons (Fsp3) is 0.182. The molecule has 96 valence electrons. The van der Waals surface area contributed by atoms with Crippen molar-refractivity contribution in [3.05, 3.63) is 51.1 Å². The highest BCUT2D eigenvalue weighted by molar-refractivity contribution is 7.89. The standard InChI is InChI=1S/C11H12N2O3S2/c1-8(10-3-2-6-17-10)13-18(15,16)11-7-12-5-4-9(11)14/h2-8,13H,1H3,(H,12,14). The zero-order valence-electron chi connectivity index (χ0n) is 9.58. The number of sulfonamides is 1. The van der Waals surface area contributed by atoms with Crippen LogP contribution < -0.4 is 10.2 Å². The third kappa shape index (κ3) is 2.69. The number of rotatable bonds is 4. The minimum atomic E-state index is -3.80. The maximum absolute atomic E-state index is 12.0. The van der Waals surface area contributed by atoms with E-state index in [0.717, 1.165) is 4.88 Å². The van der Waals surface area contributed by atoms with E-state index in [2.05, 4.69) is 9.71 Å². The van der Waals surface area contributed by atoms with E-state index >= 15 is 0 Å². The molecule has 2 rings (SSSR count). The quantitative estimate of drug-likeness (QED) is 0.892. The van der Waals surface area contributed by atoms with Gasteiger partial charge in [0.2, 0.25) is 15.5 Å². The van der Waals surface area contributed by atoms with E-state index in [9.17, 15) is 13.2 Å². The lowest BCUT2D eigenvalue weighted by atomic mass is 10.3. The van der Waals surface area contributed by atoms with Gasteiger partial charge in [-0.15, -0.1) is 11.3 Å². The van der Waals surface area contributed by atoms with E-state index in [0.29, 0.717) is 0 Å². The normalized spacial score (nSPS) is 13.4. The lowest BCUT2D eigenvalue weighted by Gasteiger charge is -2.12. The third-order valence-corrected chi connectivity index (χ3v) is 5.00. The number of hydrogen-bond donors (Lipinski definition) is 2. The Morgan fingerprint density at radius 1 is 1.39 bits per heavy atom. The van der Waals surface area contributed by atoms with Crippen molar-refractivity contribution >= 4 is 21.4 Å². The molecule has 0 aromatic carbocycles. The zero-order valence-corrected chi connectivity index (χ0v) is 11.2. The summed E-state index contributed by atoms with van der Waals surface area (Å²) in [5, 5.41) is 1.87. The van der Waals surface area contributed by atoms with Crippen LogP contribution in [0, 0.1) is 0 Å². The summed E-state index contributed by atoms with van der Waals surface area (Å²) in [6.07, 6.45) is 2.58. The fourth-order valence-corrected chi connectivity index (χ4v) is 3.59. The summed E-state index contributed by atoms with van der Waals surface area (Å²) in [4.78, 5) is 14.7. The van der Waals surface area contributed by atoms with Gasteiger partial charge in [-0.25, -0.2) is 13.1 Å². The highest BCUT2D eigenvalue weighted by Crippen LogP contribution is 2.19. The van der Waals surface area contributed by atoms with Gasteiger partial charge in [-0.3, -0.25) is 4.79 Å². The average Bonchev–Trinajstić information content (AvgIpc) is 2.82. The van der Waals surface area contributed by atoms with Crippen LogP contribution in [-0.2, 0) is 10.0 Å². The highest BCUT2D eigenvalue weighted by Gasteiger charge is 2.21. The molecule has 2 aromatic rings. The van der Waals surface area contributed by atoms with Crippen molar-refractivity contribution in [2.24, 2.45) is 0 Å². The van der Waals surface area contributed by atoms with E-state index < -0.39 is 15.5 Å². The Balaban J connectivity index is 2.29. The van der Waals surface area contributed by atoms with Gasteiger partial charge in [0, 0.05) is 23.3 Å². The first-order valence-corrected chi connectivity index (χ1v) is 7.60. The Bertz CT molecular complexity index is 674. The number of nitrogens with one attached hydrogen (secondary N) is 2. The monoisotopic (exact) mass is 284 g/mol. The molecule has 2 N–H and O–H groups in total. The summed E-state index contributed by atoms with van der Waals surface area (Å²) in [5.41, 5.74) is -0.528. The van der Waals surface area contributed by atoms with Crippen molar-refractivity contribution in [2.45, 2.75) is 17.9 Å². The molecule has 18 heavy (non-hydrogen) atoms. The molecule has 1 unspecified atom stereocenters. The summed E-state index contributed by atoms with van der Waals surface area (Å²) in [6.45, 7) is 1.74. The van der Waals surface area contributed by atoms with Crippen LogP contribution in [0.2, 0.25) is 0 Å². The summed E-state index contributed by atoms with van der Waals surface area (Å²) >= 11 is 1.46. The van der Waals surface area contributed by atoms with Gasteiger partial charge < -0.3 is 4.98 Å². The van der Waals surface area contributed by atoms with Crippen LogP contribution in [0.4, 0.5) is 0 Å². The lowest BCUT2D eigenvalue weighted by Crippen LogP contribution is -2.30. The zero-order chi connectivity index (χ0) is 13.2. The van der Waals surface area contributed by atoms with Crippen molar-refractivity contribution in [1.29, 1.82) is 0 Å². The van der Waals surface area contributed by atoms with Crippen LogP contribution in [0.1, 0.15) is 17.8 Å². The lowest BCUT2D eigenvalue weighted by molar-refractivity contribution is 0.567. The molecule has 0 fully saturated rings. The third-order valence-electron chi connectivity index (χ3n) is 2.38. The van der Waals surface area contributed by atoms with Crippen molar-refractivity contribution in [1.82, 2.24) is 9.71 Å². The summed E-state index contributed by atoms with van der Waals surface area (Å²) in [7, 11) is -3.80. The van der Waals surface area contributed by atoms with Gasteiger partial charge in [0.25, 0.3) is 0 Å². The summed E-state index contributed by atoms with van der Waals surface area (Å²) in [5.74, 6) is 0. The molecule has 5 nitrogen and oxygen atoms in total. The van der Waals surface area contributed by atoms with Gasteiger partial charge >= 0.3 is 0 Å². The number of thiophene rings is 1. The summed E-state index contributed by atoms with van der Waals surface area (Å²) < 4.78 is 26.5. The van der Waals surface area contributed by atoms with Gasteiger partial charge in [-0.2, -0.15) is 0 Å². The largest absolute Gasteiger partial charge is 0.366 e. The van der Waals surface area contributed by atoms with Crippen LogP contribution in [0.15, 0.2) is 45.7 Å². The number of pyridine rings is 1. The molecule has 2 heterocycles. The van der Waals surface area contributed by atoms with Crippen LogP contribution in [-0.4, -0.2) is 13.4 Å². The van der Waals surface area contributed by atoms with Crippen LogP contribution in [0.5, 0.6) is 0 Å². The first-order valence-electron chi connectivity index (χ1n) is 5.23. The minimum Gasteiger partial charge on any atom is -0.366 e. The Kier molecular flexibility index (Phi) is 3.65. The smallest absolute Gasteiger partial charge is 0.246 e. The number of hydrogen-bond acceptors (Lipinski definition) is 4. The maximum atomic E-state index is 12.0. The molecule has 0 saturated carbocycles. The molecule has 0 aliphatic carbocycles. The average molecular weight is 284 g/mol. The van der Waals surface area contributed by atoms with Crippen molar-refractivity contribution in [3.8, 4) is 0 Å². The molecule has 0 amide bonds. The first kappa shape index (κ1) is 13.0.